The van der Waals surface area contributed by atoms with Crippen molar-refractivity contribution in [2.75, 3.05) is 20.8 Å². The van der Waals surface area contributed by atoms with Gasteiger partial charge in [-0.1, -0.05) is 17.7 Å². The number of nitrogens with zero attached hydrogens (tertiary/aromatic N) is 2. The van der Waals surface area contributed by atoms with Crippen molar-refractivity contribution in [3.63, 3.8) is 0 Å². The second-order valence-corrected chi connectivity index (χ2v) is 7.38. The van der Waals surface area contributed by atoms with Crippen LogP contribution in [0.3, 0.4) is 0 Å². The molecule has 1 amide bonds. The first-order chi connectivity index (χ1) is 15.5. The van der Waals surface area contributed by atoms with Crippen molar-refractivity contribution in [1.82, 2.24) is 15.1 Å². The monoisotopic (exact) mass is 453 g/mol. The fourth-order valence-electron chi connectivity index (χ4n) is 3.29. The molecule has 0 atom stereocenters. The second kappa shape index (κ2) is 9.15. The van der Waals surface area contributed by atoms with Gasteiger partial charge in [-0.3, -0.25) is 0 Å². The molecule has 0 spiro atoms. The van der Waals surface area contributed by atoms with Crippen LogP contribution in [-0.2, 0) is 20.8 Å². The van der Waals surface area contributed by atoms with E-state index in [1.165, 1.54) is 14.2 Å². The number of ether oxygens (including phenoxy) is 3. The standard InChI is InChI=1S/C23H20ClN3O5/c1-30-22(28)17-10-15-11-18(4-6-21(15)32-13-17)27-8-7-20(26-27)14-3-5-19(24)16(9-14)12-25-23(29)31-2/h3-11H,12-13H2,1-2H3,(H,25,29). The van der Waals surface area contributed by atoms with E-state index in [9.17, 15) is 9.59 Å². The van der Waals surface area contributed by atoms with Crippen molar-refractivity contribution >= 4 is 29.7 Å². The summed E-state index contributed by atoms with van der Waals surface area (Å²) in [4.78, 5) is 23.2. The first-order valence-electron chi connectivity index (χ1n) is 9.71. The molecule has 0 radical (unpaired) electrons. The van der Waals surface area contributed by atoms with E-state index in [1.807, 2.05) is 42.6 Å². The van der Waals surface area contributed by atoms with Gasteiger partial charge in [0, 0.05) is 28.9 Å². The van der Waals surface area contributed by atoms with Gasteiger partial charge in [-0.25, -0.2) is 14.3 Å². The first-order valence-corrected chi connectivity index (χ1v) is 10.1. The van der Waals surface area contributed by atoms with Gasteiger partial charge in [-0.05, 0) is 48.0 Å². The number of carbonyl (C=O) groups excluding carboxylic acids is 2. The molecular formula is C23H20ClN3O5. The molecule has 32 heavy (non-hydrogen) atoms. The molecule has 1 aliphatic rings. The van der Waals surface area contributed by atoms with Crippen LogP contribution in [0.2, 0.25) is 5.02 Å². The molecule has 0 bridgehead atoms. The Kier molecular flexibility index (Phi) is 6.13. The molecule has 1 N–H and O–H groups in total. The number of aromatic nitrogens is 2. The quantitative estimate of drug-likeness (QED) is 0.587. The molecule has 0 unspecified atom stereocenters. The third kappa shape index (κ3) is 4.45. The number of fused-ring (bicyclic) bond motifs is 1. The lowest BCUT2D eigenvalue weighted by atomic mass is 10.1. The van der Waals surface area contributed by atoms with Crippen molar-refractivity contribution in [3.8, 4) is 22.7 Å². The highest BCUT2D eigenvalue weighted by Gasteiger charge is 2.18. The van der Waals surface area contributed by atoms with E-state index in [2.05, 4.69) is 15.2 Å². The number of benzene rings is 2. The minimum Gasteiger partial charge on any atom is -0.488 e. The van der Waals surface area contributed by atoms with Gasteiger partial charge in [0.25, 0.3) is 0 Å². The van der Waals surface area contributed by atoms with Crippen molar-refractivity contribution in [1.29, 1.82) is 0 Å². The van der Waals surface area contributed by atoms with Crippen LogP contribution in [0.25, 0.3) is 23.0 Å². The highest BCUT2D eigenvalue weighted by Crippen LogP contribution is 2.30. The SMILES string of the molecule is COC(=O)NCc1cc(-c2ccn(-c3ccc4c(c3)C=C(C(=O)OC)CO4)n2)ccc1Cl. The molecule has 0 saturated heterocycles. The van der Waals surface area contributed by atoms with E-state index in [0.717, 1.165) is 28.1 Å². The largest absolute Gasteiger partial charge is 0.488 e. The highest BCUT2D eigenvalue weighted by atomic mass is 35.5. The summed E-state index contributed by atoms with van der Waals surface area (Å²) in [6.07, 6.45) is 3.07. The van der Waals surface area contributed by atoms with Gasteiger partial charge in [-0.15, -0.1) is 0 Å². The lowest BCUT2D eigenvalue weighted by Crippen LogP contribution is -2.22. The number of esters is 1. The molecule has 3 aromatic rings. The second-order valence-electron chi connectivity index (χ2n) is 6.97. The molecule has 1 aromatic heterocycles. The van der Waals surface area contributed by atoms with E-state index in [-0.39, 0.29) is 13.2 Å². The lowest BCUT2D eigenvalue weighted by Gasteiger charge is -2.17. The molecule has 164 valence electrons. The summed E-state index contributed by atoms with van der Waals surface area (Å²) in [6.45, 7) is 0.411. The zero-order valence-electron chi connectivity index (χ0n) is 17.4. The molecule has 9 heteroatoms. The van der Waals surface area contributed by atoms with Crippen LogP contribution in [0, 0.1) is 0 Å². The zero-order chi connectivity index (χ0) is 22.7. The number of hydrogen-bond donors (Lipinski definition) is 1. The fourth-order valence-corrected chi connectivity index (χ4v) is 3.47. The Morgan fingerprint density at radius 1 is 1.16 bits per heavy atom. The average molecular weight is 454 g/mol. The predicted octanol–water partition coefficient (Wildman–Crippen LogP) is 4.00. The van der Waals surface area contributed by atoms with Gasteiger partial charge in [0.1, 0.15) is 12.4 Å². The average Bonchev–Trinajstić information content (AvgIpc) is 3.32. The maximum absolute atomic E-state index is 11.8. The van der Waals surface area contributed by atoms with E-state index >= 15 is 0 Å². The molecular weight excluding hydrogens is 434 g/mol. The van der Waals surface area contributed by atoms with Crippen LogP contribution in [0.4, 0.5) is 4.79 Å². The summed E-state index contributed by atoms with van der Waals surface area (Å²) >= 11 is 6.26. The van der Waals surface area contributed by atoms with Gasteiger partial charge < -0.3 is 19.5 Å². The Morgan fingerprint density at radius 3 is 2.78 bits per heavy atom. The zero-order valence-corrected chi connectivity index (χ0v) is 18.2. The molecule has 0 aliphatic carbocycles. The number of methoxy groups -OCH3 is 2. The number of hydrogen-bond acceptors (Lipinski definition) is 6. The van der Waals surface area contributed by atoms with Gasteiger partial charge in [0.2, 0.25) is 0 Å². The van der Waals surface area contributed by atoms with Crippen LogP contribution in [0.15, 0.2) is 54.2 Å². The number of halogens is 1. The van der Waals surface area contributed by atoms with Crippen LogP contribution < -0.4 is 10.1 Å². The maximum Gasteiger partial charge on any atom is 0.407 e. The number of rotatable bonds is 5. The lowest BCUT2D eigenvalue weighted by molar-refractivity contribution is -0.136. The first kappa shape index (κ1) is 21.5. The van der Waals surface area contributed by atoms with E-state index < -0.39 is 12.1 Å². The van der Waals surface area contributed by atoms with Crippen molar-refractivity contribution in [2.24, 2.45) is 0 Å². The predicted molar refractivity (Wildman–Crippen MR) is 119 cm³/mol. The maximum atomic E-state index is 11.8. The van der Waals surface area contributed by atoms with Gasteiger partial charge in [0.05, 0.1) is 31.2 Å². The van der Waals surface area contributed by atoms with E-state index in [1.54, 1.807) is 16.8 Å². The van der Waals surface area contributed by atoms with Crippen molar-refractivity contribution in [3.05, 3.63) is 70.4 Å². The normalized spacial score (nSPS) is 12.3. The number of amides is 1. The third-order valence-corrected chi connectivity index (χ3v) is 5.33. The summed E-state index contributed by atoms with van der Waals surface area (Å²) in [5.41, 5.74) is 4.36. The molecule has 8 nitrogen and oxygen atoms in total. The van der Waals surface area contributed by atoms with Crippen molar-refractivity contribution < 1.29 is 23.8 Å². The Labute approximate surface area is 189 Å². The Hall–Kier alpha value is -3.78. The Morgan fingerprint density at radius 2 is 2.00 bits per heavy atom. The van der Waals surface area contributed by atoms with Crippen molar-refractivity contribution in [2.45, 2.75) is 6.54 Å². The summed E-state index contributed by atoms with van der Waals surface area (Å²) in [5, 5.41) is 7.82. The van der Waals surface area contributed by atoms with E-state index in [0.29, 0.717) is 16.3 Å². The van der Waals surface area contributed by atoms with E-state index in [4.69, 9.17) is 21.1 Å². The summed E-state index contributed by atoms with van der Waals surface area (Å²) in [5.74, 6) is 0.275. The summed E-state index contributed by atoms with van der Waals surface area (Å²) < 4.78 is 16.8. The van der Waals surface area contributed by atoms with Gasteiger partial charge >= 0.3 is 12.1 Å². The smallest absolute Gasteiger partial charge is 0.407 e. The highest BCUT2D eigenvalue weighted by molar-refractivity contribution is 6.31. The Balaban J connectivity index is 1.60. The van der Waals surface area contributed by atoms with Gasteiger partial charge in [-0.2, -0.15) is 5.10 Å². The van der Waals surface area contributed by atoms with Crippen LogP contribution in [0.1, 0.15) is 11.1 Å². The van der Waals surface area contributed by atoms with Crippen LogP contribution in [0.5, 0.6) is 5.75 Å². The molecule has 0 saturated carbocycles. The Bertz CT molecular complexity index is 1220. The summed E-state index contributed by atoms with van der Waals surface area (Å²) in [7, 11) is 2.65. The molecule has 2 aromatic carbocycles. The topological polar surface area (TPSA) is 91.7 Å². The van der Waals surface area contributed by atoms with Crippen LogP contribution in [-0.4, -0.2) is 42.7 Å². The molecule has 0 fully saturated rings. The fraction of sp³-hybridized carbons (Fsp3) is 0.174. The molecule has 2 heterocycles. The van der Waals surface area contributed by atoms with Gasteiger partial charge in [0.15, 0.2) is 0 Å². The minimum absolute atomic E-state index is 0.175. The van der Waals surface area contributed by atoms with Crippen LogP contribution >= 0.6 is 11.6 Å². The third-order valence-electron chi connectivity index (χ3n) is 4.96. The summed E-state index contributed by atoms with van der Waals surface area (Å²) in [6, 6.07) is 13.0. The molecule has 4 rings (SSSR count). The number of alkyl carbamates (subject to hydrolysis) is 1. The minimum atomic E-state index is -0.531. The number of nitrogens with one attached hydrogen (secondary N) is 1. The number of carbonyl (C=O) groups is 2. The molecule has 1 aliphatic heterocycles.